The van der Waals surface area contributed by atoms with E-state index < -0.39 is 15.8 Å². The highest BCUT2D eigenvalue weighted by molar-refractivity contribution is 8.15. The predicted octanol–water partition coefficient (Wildman–Crippen LogP) is 2.68. The molecule has 136 valence electrons. The van der Waals surface area contributed by atoms with Gasteiger partial charge in [-0.25, -0.2) is 4.39 Å². The number of para-hydroxylation sites is 2. The summed E-state index contributed by atoms with van der Waals surface area (Å²) in [5, 5.41) is 5.51. The maximum absolute atomic E-state index is 13.2. The van der Waals surface area contributed by atoms with Gasteiger partial charge >= 0.3 is 0 Å². The Morgan fingerprint density at radius 3 is 2.85 bits per heavy atom. The second-order valence-electron chi connectivity index (χ2n) is 5.17. The number of sulfonamides is 1. The SMILES string of the molecule is COc1ccccc1NC(=O)CSC1=NS(=O)(=O)c2cc(F)ccc2N1. The summed E-state index contributed by atoms with van der Waals surface area (Å²) in [6.45, 7) is 0. The molecule has 3 rings (SSSR count). The fourth-order valence-electron chi connectivity index (χ4n) is 2.24. The zero-order valence-electron chi connectivity index (χ0n) is 13.5. The average Bonchev–Trinajstić information content (AvgIpc) is 2.61. The van der Waals surface area contributed by atoms with Crippen molar-refractivity contribution in [1.29, 1.82) is 0 Å². The van der Waals surface area contributed by atoms with Gasteiger partial charge in [-0.3, -0.25) is 4.79 Å². The Balaban J connectivity index is 1.68. The first-order valence-electron chi connectivity index (χ1n) is 7.36. The van der Waals surface area contributed by atoms with Gasteiger partial charge < -0.3 is 15.4 Å². The van der Waals surface area contributed by atoms with E-state index in [1.807, 2.05) is 0 Å². The van der Waals surface area contributed by atoms with E-state index in [0.717, 1.165) is 23.9 Å². The van der Waals surface area contributed by atoms with Gasteiger partial charge in [-0.2, -0.15) is 8.42 Å². The Morgan fingerprint density at radius 2 is 2.08 bits per heavy atom. The highest BCUT2D eigenvalue weighted by atomic mass is 32.2. The number of nitrogens with zero attached hydrogens (tertiary/aromatic N) is 1. The van der Waals surface area contributed by atoms with Gasteiger partial charge in [-0.15, -0.1) is 4.40 Å². The average molecular weight is 395 g/mol. The number of anilines is 2. The van der Waals surface area contributed by atoms with Gasteiger partial charge in [0.25, 0.3) is 10.0 Å². The molecule has 0 aromatic heterocycles. The second-order valence-corrected chi connectivity index (χ2v) is 7.71. The lowest BCUT2D eigenvalue weighted by atomic mass is 10.3. The van der Waals surface area contributed by atoms with Crippen molar-refractivity contribution in [3.05, 3.63) is 48.3 Å². The van der Waals surface area contributed by atoms with Gasteiger partial charge in [0, 0.05) is 0 Å². The molecule has 0 atom stereocenters. The number of fused-ring (bicyclic) bond motifs is 1. The van der Waals surface area contributed by atoms with Crippen LogP contribution in [-0.4, -0.2) is 32.4 Å². The maximum atomic E-state index is 13.2. The molecule has 0 bridgehead atoms. The summed E-state index contributed by atoms with van der Waals surface area (Å²) in [6, 6.07) is 10.3. The molecule has 26 heavy (non-hydrogen) atoms. The van der Waals surface area contributed by atoms with Crippen LogP contribution in [0, 0.1) is 5.82 Å². The van der Waals surface area contributed by atoms with Crippen LogP contribution in [0.5, 0.6) is 5.75 Å². The number of rotatable bonds is 4. The molecule has 0 aliphatic carbocycles. The zero-order chi connectivity index (χ0) is 18.7. The van der Waals surface area contributed by atoms with Gasteiger partial charge in [0.2, 0.25) is 5.91 Å². The molecule has 10 heteroatoms. The number of methoxy groups -OCH3 is 1. The molecule has 0 saturated heterocycles. The summed E-state index contributed by atoms with van der Waals surface area (Å²) in [6.07, 6.45) is 0. The van der Waals surface area contributed by atoms with Gasteiger partial charge in [0.15, 0.2) is 5.17 Å². The number of amidine groups is 1. The fourth-order valence-corrected chi connectivity index (χ4v) is 4.29. The molecule has 0 unspecified atom stereocenters. The Labute approximate surface area is 153 Å². The van der Waals surface area contributed by atoms with E-state index in [1.54, 1.807) is 24.3 Å². The lowest BCUT2D eigenvalue weighted by Crippen LogP contribution is -2.22. The standard InChI is InChI=1S/C16H14FN3O4S2/c1-24-13-5-3-2-4-11(13)18-15(21)9-25-16-19-12-7-6-10(17)8-14(12)26(22,23)20-16/h2-8H,9H2,1H3,(H,18,21)(H,19,20). The molecule has 1 amide bonds. The van der Waals surface area contributed by atoms with Crippen molar-refractivity contribution in [3.8, 4) is 5.75 Å². The van der Waals surface area contributed by atoms with Crippen LogP contribution in [0.15, 0.2) is 51.8 Å². The normalized spacial score (nSPS) is 14.6. The Bertz CT molecular complexity index is 993. The van der Waals surface area contributed by atoms with Gasteiger partial charge in [0.1, 0.15) is 16.5 Å². The molecule has 2 N–H and O–H groups in total. The van der Waals surface area contributed by atoms with E-state index in [0.29, 0.717) is 11.4 Å². The summed E-state index contributed by atoms with van der Waals surface area (Å²) in [7, 11) is -2.53. The topological polar surface area (TPSA) is 96.9 Å². The van der Waals surface area contributed by atoms with Crippen molar-refractivity contribution in [2.45, 2.75) is 4.90 Å². The quantitative estimate of drug-likeness (QED) is 0.826. The number of benzene rings is 2. The minimum Gasteiger partial charge on any atom is -0.495 e. The van der Waals surface area contributed by atoms with E-state index in [-0.39, 0.29) is 27.4 Å². The molecule has 0 radical (unpaired) electrons. The van der Waals surface area contributed by atoms with E-state index in [4.69, 9.17) is 4.74 Å². The van der Waals surface area contributed by atoms with Gasteiger partial charge in [0.05, 0.1) is 24.2 Å². The third-order valence-electron chi connectivity index (χ3n) is 3.39. The van der Waals surface area contributed by atoms with Crippen molar-refractivity contribution >= 4 is 44.2 Å². The molecule has 2 aromatic carbocycles. The van der Waals surface area contributed by atoms with Crippen molar-refractivity contribution in [3.63, 3.8) is 0 Å². The smallest absolute Gasteiger partial charge is 0.286 e. The fraction of sp³-hybridized carbons (Fsp3) is 0.125. The summed E-state index contributed by atoms with van der Waals surface area (Å²) >= 11 is 0.921. The molecular formula is C16H14FN3O4S2. The number of halogens is 1. The molecule has 7 nitrogen and oxygen atoms in total. The maximum Gasteiger partial charge on any atom is 0.286 e. The number of amides is 1. The number of ether oxygens (including phenoxy) is 1. The van der Waals surface area contributed by atoms with E-state index in [1.165, 1.54) is 13.2 Å². The number of carbonyl (C=O) groups is 1. The number of nitrogens with one attached hydrogen (secondary N) is 2. The largest absolute Gasteiger partial charge is 0.495 e. The first-order valence-corrected chi connectivity index (χ1v) is 9.79. The predicted molar refractivity (Wildman–Crippen MR) is 98.7 cm³/mol. The van der Waals surface area contributed by atoms with Crippen LogP contribution in [0.1, 0.15) is 0 Å². The highest BCUT2D eigenvalue weighted by Crippen LogP contribution is 2.30. The number of carbonyl (C=O) groups excluding carboxylic acids is 1. The van der Waals surface area contributed by atoms with Crippen molar-refractivity contribution in [2.24, 2.45) is 4.40 Å². The molecule has 1 aliphatic rings. The van der Waals surface area contributed by atoms with Crippen LogP contribution in [-0.2, 0) is 14.8 Å². The number of thioether (sulfide) groups is 1. The van der Waals surface area contributed by atoms with Crippen LogP contribution in [0.25, 0.3) is 0 Å². The van der Waals surface area contributed by atoms with Crippen LogP contribution >= 0.6 is 11.8 Å². The molecule has 1 aliphatic heterocycles. The highest BCUT2D eigenvalue weighted by Gasteiger charge is 2.26. The van der Waals surface area contributed by atoms with Crippen molar-refractivity contribution in [2.75, 3.05) is 23.5 Å². The molecule has 0 fully saturated rings. The third-order valence-corrected chi connectivity index (χ3v) is 5.69. The minimum atomic E-state index is -4.02. The molecule has 2 aromatic rings. The van der Waals surface area contributed by atoms with Crippen LogP contribution < -0.4 is 15.4 Å². The van der Waals surface area contributed by atoms with Crippen LogP contribution in [0.2, 0.25) is 0 Å². The first-order chi connectivity index (χ1) is 12.4. The summed E-state index contributed by atoms with van der Waals surface area (Å²) < 4.78 is 46.2. The van der Waals surface area contributed by atoms with Crippen molar-refractivity contribution < 1.29 is 22.3 Å². The van der Waals surface area contributed by atoms with E-state index in [9.17, 15) is 17.6 Å². The lowest BCUT2D eigenvalue weighted by molar-refractivity contribution is -0.113. The second kappa shape index (κ2) is 7.34. The summed E-state index contributed by atoms with van der Waals surface area (Å²) in [5.41, 5.74) is 0.724. The molecule has 0 spiro atoms. The Hall–Kier alpha value is -2.59. The Kier molecular flexibility index (Phi) is 5.14. The monoisotopic (exact) mass is 395 g/mol. The lowest BCUT2D eigenvalue weighted by Gasteiger charge is -2.17. The van der Waals surface area contributed by atoms with Gasteiger partial charge in [-0.05, 0) is 30.3 Å². The first kappa shape index (κ1) is 18.2. The van der Waals surface area contributed by atoms with E-state index in [2.05, 4.69) is 15.0 Å². The Morgan fingerprint density at radius 1 is 1.31 bits per heavy atom. The molecule has 1 heterocycles. The summed E-state index contributed by atoms with van der Waals surface area (Å²) in [5.74, 6) is -0.587. The minimum absolute atomic E-state index is 0.0410. The van der Waals surface area contributed by atoms with Crippen LogP contribution in [0.3, 0.4) is 0 Å². The third kappa shape index (κ3) is 3.97. The number of hydrogen-bond donors (Lipinski definition) is 2. The molecule has 0 saturated carbocycles. The van der Waals surface area contributed by atoms with Crippen molar-refractivity contribution in [1.82, 2.24) is 0 Å². The van der Waals surface area contributed by atoms with Crippen LogP contribution in [0.4, 0.5) is 15.8 Å². The van der Waals surface area contributed by atoms with Gasteiger partial charge in [-0.1, -0.05) is 23.9 Å². The zero-order valence-corrected chi connectivity index (χ0v) is 15.2. The van der Waals surface area contributed by atoms with E-state index >= 15 is 0 Å². The molecular weight excluding hydrogens is 381 g/mol. The summed E-state index contributed by atoms with van der Waals surface area (Å²) in [4.78, 5) is 11.9. The number of hydrogen-bond acceptors (Lipinski definition) is 6.